The monoisotopic (exact) mass is 256 g/mol. The highest BCUT2D eigenvalue weighted by Gasteiger charge is 2.26. The summed E-state index contributed by atoms with van der Waals surface area (Å²) < 4.78 is 0. The van der Waals surface area contributed by atoms with E-state index in [1.54, 1.807) is 0 Å². The van der Waals surface area contributed by atoms with Crippen molar-refractivity contribution in [2.24, 2.45) is 17.3 Å². The summed E-state index contributed by atoms with van der Waals surface area (Å²) in [5.74, 6) is 1.07. The molecular weight excluding hydrogens is 224 g/mol. The van der Waals surface area contributed by atoms with E-state index in [0.717, 1.165) is 12.8 Å². The molecule has 0 bridgehead atoms. The van der Waals surface area contributed by atoms with E-state index in [4.69, 9.17) is 0 Å². The molecule has 0 radical (unpaired) electrons. The van der Waals surface area contributed by atoms with Crippen LogP contribution in [0.3, 0.4) is 0 Å². The predicted octanol–water partition coefficient (Wildman–Crippen LogP) is 3.75. The molecule has 18 heavy (non-hydrogen) atoms. The molecule has 2 saturated carbocycles. The number of hydrogen-bond donors (Lipinski definition) is 2. The summed E-state index contributed by atoms with van der Waals surface area (Å²) in [7, 11) is 0. The van der Waals surface area contributed by atoms with Crippen molar-refractivity contribution in [1.82, 2.24) is 0 Å². The smallest absolute Gasteiger partial charge is 0.0591 e. The molecule has 0 spiro atoms. The first kappa shape index (κ1) is 16.0. The van der Waals surface area contributed by atoms with Crippen molar-refractivity contribution in [3.63, 3.8) is 0 Å². The zero-order chi connectivity index (χ0) is 13.8. The fourth-order valence-electron chi connectivity index (χ4n) is 3.32. The van der Waals surface area contributed by atoms with Gasteiger partial charge in [-0.25, -0.2) is 0 Å². The van der Waals surface area contributed by atoms with Gasteiger partial charge in [-0.2, -0.15) is 0 Å². The van der Waals surface area contributed by atoms with Crippen molar-refractivity contribution < 1.29 is 10.2 Å². The van der Waals surface area contributed by atoms with Crippen molar-refractivity contribution in [2.75, 3.05) is 0 Å². The number of aliphatic hydroxyl groups is 2. The molecule has 3 unspecified atom stereocenters. The molecule has 2 N–H and O–H groups in total. The minimum atomic E-state index is -0.0289. The molecule has 108 valence electrons. The Balaban J connectivity index is 0.000000180. The van der Waals surface area contributed by atoms with Crippen LogP contribution in [0.2, 0.25) is 0 Å². The van der Waals surface area contributed by atoms with Gasteiger partial charge in [-0.15, -0.1) is 0 Å². The SMILES string of the molecule is CC1(C)CCCC(O)C1.CC1CCCC(C)C1O. The van der Waals surface area contributed by atoms with Gasteiger partial charge in [0.2, 0.25) is 0 Å². The van der Waals surface area contributed by atoms with E-state index >= 15 is 0 Å². The second-order valence-corrected chi connectivity index (χ2v) is 7.29. The van der Waals surface area contributed by atoms with Crippen molar-refractivity contribution in [2.45, 2.75) is 84.8 Å². The Morgan fingerprint density at radius 3 is 1.78 bits per heavy atom. The normalized spacial score (nSPS) is 39.7. The molecule has 0 aromatic rings. The highest BCUT2D eigenvalue weighted by Crippen LogP contribution is 2.34. The maximum atomic E-state index is 9.45. The second-order valence-electron chi connectivity index (χ2n) is 7.29. The summed E-state index contributed by atoms with van der Waals surface area (Å²) in [6, 6.07) is 0. The zero-order valence-corrected chi connectivity index (χ0v) is 12.7. The molecule has 0 saturated heterocycles. The molecule has 2 aliphatic carbocycles. The van der Waals surface area contributed by atoms with Gasteiger partial charge in [-0.1, -0.05) is 40.5 Å². The van der Waals surface area contributed by atoms with Gasteiger partial charge in [-0.05, 0) is 49.4 Å². The molecule has 0 amide bonds. The van der Waals surface area contributed by atoms with E-state index in [2.05, 4.69) is 27.7 Å². The molecule has 0 aromatic heterocycles. The largest absolute Gasteiger partial charge is 0.393 e. The van der Waals surface area contributed by atoms with Gasteiger partial charge in [0.1, 0.15) is 0 Å². The van der Waals surface area contributed by atoms with E-state index in [0.29, 0.717) is 17.3 Å². The van der Waals surface area contributed by atoms with Gasteiger partial charge in [-0.3, -0.25) is 0 Å². The molecule has 2 heteroatoms. The summed E-state index contributed by atoms with van der Waals surface area (Å²) in [4.78, 5) is 0. The molecule has 3 atom stereocenters. The summed E-state index contributed by atoms with van der Waals surface area (Å²) in [6.07, 6.45) is 8.18. The van der Waals surface area contributed by atoms with Crippen LogP contribution in [0, 0.1) is 17.3 Å². The molecule has 2 fully saturated rings. The van der Waals surface area contributed by atoms with E-state index < -0.39 is 0 Å². The highest BCUT2D eigenvalue weighted by molar-refractivity contribution is 4.78. The van der Waals surface area contributed by atoms with Crippen LogP contribution in [0.15, 0.2) is 0 Å². The Kier molecular flexibility index (Phi) is 6.13. The van der Waals surface area contributed by atoms with Gasteiger partial charge >= 0.3 is 0 Å². The van der Waals surface area contributed by atoms with Crippen molar-refractivity contribution in [3.05, 3.63) is 0 Å². The predicted molar refractivity (Wildman–Crippen MR) is 76.4 cm³/mol. The molecule has 0 aromatic carbocycles. The van der Waals surface area contributed by atoms with Crippen LogP contribution in [0.1, 0.15) is 72.6 Å². The topological polar surface area (TPSA) is 40.5 Å². The lowest BCUT2D eigenvalue weighted by Gasteiger charge is -2.32. The quantitative estimate of drug-likeness (QED) is 0.693. The Labute approximate surface area is 113 Å². The maximum absolute atomic E-state index is 9.45. The minimum absolute atomic E-state index is 0.0197. The Morgan fingerprint density at radius 1 is 0.889 bits per heavy atom. The third kappa shape index (κ3) is 5.27. The second kappa shape index (κ2) is 6.91. The molecular formula is C16H32O2. The third-order valence-corrected chi connectivity index (χ3v) is 4.66. The van der Waals surface area contributed by atoms with Crippen LogP contribution < -0.4 is 0 Å². The van der Waals surface area contributed by atoms with Crippen LogP contribution in [-0.4, -0.2) is 22.4 Å². The standard InChI is InChI=1S/2C8H16O/c1-8(2)5-3-4-7(9)6-8;1-6-4-3-5-7(2)8(6)9/h7,9H,3-6H2,1-2H3;6-9H,3-5H2,1-2H3. The number of aliphatic hydroxyl groups excluding tert-OH is 2. The summed E-state index contributed by atoms with van der Waals surface area (Å²) >= 11 is 0. The first-order chi connectivity index (χ1) is 8.32. The van der Waals surface area contributed by atoms with Crippen LogP contribution >= 0.6 is 0 Å². The van der Waals surface area contributed by atoms with Crippen LogP contribution in [0.25, 0.3) is 0 Å². The molecule has 2 nitrogen and oxygen atoms in total. The molecule has 0 heterocycles. The lowest BCUT2D eigenvalue weighted by atomic mass is 9.76. The highest BCUT2D eigenvalue weighted by atomic mass is 16.3. The van der Waals surface area contributed by atoms with E-state index in [-0.39, 0.29) is 12.2 Å². The van der Waals surface area contributed by atoms with Gasteiger partial charge in [0, 0.05) is 0 Å². The first-order valence-electron chi connectivity index (χ1n) is 7.68. The molecule has 2 rings (SSSR count). The van der Waals surface area contributed by atoms with Crippen molar-refractivity contribution >= 4 is 0 Å². The summed E-state index contributed by atoms with van der Waals surface area (Å²) in [5.41, 5.74) is 0.400. The number of hydrogen-bond acceptors (Lipinski definition) is 2. The fourth-order valence-corrected chi connectivity index (χ4v) is 3.32. The molecule has 0 aliphatic heterocycles. The molecule has 2 aliphatic rings. The van der Waals surface area contributed by atoms with Gasteiger partial charge in [0.05, 0.1) is 12.2 Å². The number of rotatable bonds is 0. The van der Waals surface area contributed by atoms with Crippen LogP contribution in [0.4, 0.5) is 0 Å². The van der Waals surface area contributed by atoms with Crippen LogP contribution in [0.5, 0.6) is 0 Å². The summed E-state index contributed by atoms with van der Waals surface area (Å²) in [5, 5.41) is 18.7. The van der Waals surface area contributed by atoms with E-state index in [1.807, 2.05) is 0 Å². The zero-order valence-electron chi connectivity index (χ0n) is 12.7. The Morgan fingerprint density at radius 2 is 1.44 bits per heavy atom. The fraction of sp³-hybridized carbons (Fsp3) is 1.00. The Bertz CT molecular complexity index is 227. The lowest BCUT2D eigenvalue weighted by molar-refractivity contribution is 0.0334. The van der Waals surface area contributed by atoms with Crippen molar-refractivity contribution in [3.8, 4) is 0 Å². The van der Waals surface area contributed by atoms with Gasteiger partial charge in [0.25, 0.3) is 0 Å². The van der Waals surface area contributed by atoms with Crippen LogP contribution in [-0.2, 0) is 0 Å². The average Bonchev–Trinajstić information content (AvgIpc) is 2.25. The maximum Gasteiger partial charge on any atom is 0.0591 e. The first-order valence-corrected chi connectivity index (χ1v) is 7.68. The third-order valence-electron chi connectivity index (χ3n) is 4.66. The minimum Gasteiger partial charge on any atom is -0.393 e. The average molecular weight is 256 g/mol. The van der Waals surface area contributed by atoms with Gasteiger partial charge in [0.15, 0.2) is 0 Å². The lowest BCUT2D eigenvalue weighted by Crippen LogP contribution is -2.29. The van der Waals surface area contributed by atoms with E-state index in [9.17, 15) is 10.2 Å². The summed E-state index contributed by atoms with van der Waals surface area (Å²) in [6.45, 7) is 8.74. The Hall–Kier alpha value is -0.0800. The van der Waals surface area contributed by atoms with E-state index in [1.165, 1.54) is 32.1 Å². The van der Waals surface area contributed by atoms with Gasteiger partial charge < -0.3 is 10.2 Å². The van der Waals surface area contributed by atoms with Crippen molar-refractivity contribution in [1.29, 1.82) is 0 Å².